The highest BCUT2D eigenvalue weighted by Crippen LogP contribution is 2.46. The van der Waals surface area contributed by atoms with Crippen LogP contribution in [0.5, 0.6) is 0 Å². The lowest BCUT2D eigenvalue weighted by molar-refractivity contribution is 0.559. The molecule has 44 heavy (non-hydrogen) atoms. The minimum Gasteiger partial charge on any atom is -0.340 e. The molecular weight excluding hydrogens is 536 g/mol. The zero-order valence-corrected chi connectivity index (χ0v) is 29.3. The van der Waals surface area contributed by atoms with Crippen LogP contribution in [0, 0.1) is 0 Å². The average Bonchev–Trinajstić information content (AvgIpc) is 3.61. The van der Waals surface area contributed by atoms with Crippen LogP contribution < -0.4 is 9.80 Å². The minimum atomic E-state index is -0.0784. The van der Waals surface area contributed by atoms with E-state index in [0.29, 0.717) is 0 Å². The van der Waals surface area contributed by atoms with Gasteiger partial charge in [0.25, 0.3) is 0 Å². The van der Waals surface area contributed by atoms with Crippen LogP contribution in [0.15, 0.2) is 70.6 Å². The van der Waals surface area contributed by atoms with Crippen LogP contribution in [0.25, 0.3) is 0 Å². The summed E-state index contributed by atoms with van der Waals surface area (Å²) in [4.78, 5) is 15.2. The van der Waals surface area contributed by atoms with Crippen molar-refractivity contribution in [2.75, 3.05) is 22.9 Å². The van der Waals surface area contributed by atoms with E-state index in [0.717, 1.165) is 13.1 Å². The van der Waals surface area contributed by atoms with Gasteiger partial charge < -0.3 is 9.80 Å². The van der Waals surface area contributed by atoms with Gasteiger partial charge in [0.1, 0.15) is 12.3 Å². The molecule has 0 aromatic heterocycles. The summed E-state index contributed by atoms with van der Waals surface area (Å²) in [5, 5.41) is 0. The Balaban J connectivity index is 1.59. The molecule has 0 bridgehead atoms. The molecule has 2 atom stereocenters. The molecular formula is C40H54N4. The first kappa shape index (κ1) is 32.0. The maximum atomic E-state index is 5.10. The van der Waals surface area contributed by atoms with Gasteiger partial charge in [-0.2, -0.15) is 0 Å². The van der Waals surface area contributed by atoms with Gasteiger partial charge in [-0.05, 0) is 61.1 Å². The van der Waals surface area contributed by atoms with Gasteiger partial charge in [-0.15, -0.1) is 0 Å². The van der Waals surface area contributed by atoms with Crippen molar-refractivity contribution in [2.45, 2.75) is 117 Å². The van der Waals surface area contributed by atoms with Crippen molar-refractivity contribution in [2.24, 2.45) is 9.98 Å². The van der Waals surface area contributed by atoms with Crippen molar-refractivity contribution in [3.63, 3.8) is 0 Å². The number of aliphatic imine (C=N–C) groups is 2. The maximum absolute atomic E-state index is 5.10. The van der Waals surface area contributed by atoms with E-state index in [-0.39, 0.29) is 34.0 Å². The summed E-state index contributed by atoms with van der Waals surface area (Å²) >= 11 is 0. The van der Waals surface area contributed by atoms with Crippen LogP contribution in [0.4, 0.5) is 11.4 Å². The molecule has 0 N–H and O–H groups in total. The number of benzene rings is 3. The Morgan fingerprint density at radius 1 is 0.477 bits per heavy atom. The molecule has 0 saturated carbocycles. The smallest absolute Gasteiger partial charge is 0.147 e. The standard InChI is InChI=1S/C40H54N4/c1-37(2,3)29-18-14-19-30(38(4,5)6)33(29)43-24-22-41-35(43)27-16-13-17-28(26-27)36-42-23-25-44(36)34-31(39(7,8)9)20-15-21-32(34)40(10,11)12/h13-23,26,35-36H,24-25H2,1-12H3. The SMILES string of the molecule is CC(C)(C)c1cccc(C(C)(C)C)c1N1CC=NC1c1cccc(C2N=CCN2c2c(C(C)(C)C)cccc2C(C)(C)C)c1. The molecule has 4 nitrogen and oxygen atoms in total. The second kappa shape index (κ2) is 11.2. The quantitative estimate of drug-likeness (QED) is 0.303. The first-order valence-electron chi connectivity index (χ1n) is 16.3. The number of hydrogen-bond acceptors (Lipinski definition) is 4. The largest absolute Gasteiger partial charge is 0.340 e. The summed E-state index contributed by atoms with van der Waals surface area (Å²) in [6, 6.07) is 22.7. The third-order valence-corrected chi connectivity index (χ3v) is 9.03. The number of anilines is 2. The molecule has 5 rings (SSSR count). The Hall–Kier alpha value is -3.40. The first-order chi connectivity index (χ1) is 20.4. The number of hydrogen-bond donors (Lipinski definition) is 0. The summed E-state index contributed by atoms with van der Waals surface area (Å²) in [5.74, 6) is 0. The van der Waals surface area contributed by atoms with Gasteiger partial charge in [-0.25, -0.2) is 0 Å². The predicted octanol–water partition coefficient (Wildman–Crippen LogP) is 10.1. The molecule has 0 aliphatic carbocycles. The van der Waals surface area contributed by atoms with E-state index in [1.807, 2.05) is 0 Å². The summed E-state index contributed by atoms with van der Waals surface area (Å²) < 4.78 is 0. The number of rotatable bonds is 4. The topological polar surface area (TPSA) is 31.2 Å². The molecule has 2 aliphatic rings. The molecule has 2 heterocycles. The lowest BCUT2D eigenvalue weighted by Crippen LogP contribution is -2.32. The summed E-state index contributed by atoms with van der Waals surface area (Å²) in [6.07, 6.45) is 4.03. The number of nitrogens with zero attached hydrogens (tertiary/aromatic N) is 4. The van der Waals surface area contributed by atoms with Crippen molar-refractivity contribution in [3.05, 3.63) is 94.0 Å². The lowest BCUT2D eigenvalue weighted by atomic mass is 9.78. The van der Waals surface area contributed by atoms with E-state index < -0.39 is 0 Å². The van der Waals surface area contributed by atoms with Crippen LogP contribution in [-0.4, -0.2) is 25.5 Å². The predicted molar refractivity (Wildman–Crippen MR) is 191 cm³/mol. The molecule has 3 aromatic carbocycles. The third kappa shape index (κ3) is 6.10. The average molecular weight is 591 g/mol. The highest BCUT2D eigenvalue weighted by Gasteiger charge is 2.36. The van der Waals surface area contributed by atoms with Crippen molar-refractivity contribution in [1.82, 2.24) is 0 Å². The molecule has 2 unspecified atom stereocenters. The second-order valence-electron chi connectivity index (χ2n) is 16.8. The fourth-order valence-electron chi connectivity index (χ4n) is 6.80. The minimum absolute atomic E-state index is 0.00977. The molecule has 2 aliphatic heterocycles. The van der Waals surface area contributed by atoms with Gasteiger partial charge in [-0.3, -0.25) is 9.98 Å². The van der Waals surface area contributed by atoms with E-state index in [1.54, 1.807) is 0 Å². The van der Waals surface area contributed by atoms with Gasteiger partial charge in [0.05, 0.1) is 13.1 Å². The Kier molecular flexibility index (Phi) is 8.14. The second-order valence-corrected chi connectivity index (χ2v) is 16.8. The highest BCUT2D eigenvalue weighted by molar-refractivity contribution is 5.77. The summed E-state index contributed by atoms with van der Waals surface area (Å²) in [7, 11) is 0. The first-order valence-corrected chi connectivity index (χ1v) is 16.3. The van der Waals surface area contributed by atoms with E-state index in [9.17, 15) is 0 Å². The fraction of sp³-hybridized carbons (Fsp3) is 0.500. The number of para-hydroxylation sites is 2. The zero-order valence-electron chi connectivity index (χ0n) is 29.3. The van der Waals surface area contributed by atoms with E-state index in [4.69, 9.17) is 9.98 Å². The lowest BCUT2D eigenvalue weighted by Gasteiger charge is -2.38. The van der Waals surface area contributed by atoms with Crippen LogP contribution in [0.3, 0.4) is 0 Å². The molecule has 0 radical (unpaired) electrons. The Bertz CT molecular complexity index is 1390. The highest BCUT2D eigenvalue weighted by atomic mass is 15.3. The van der Waals surface area contributed by atoms with Gasteiger partial charge in [0, 0.05) is 23.8 Å². The molecule has 0 fully saturated rings. The van der Waals surface area contributed by atoms with Gasteiger partial charge in [0.2, 0.25) is 0 Å². The maximum Gasteiger partial charge on any atom is 0.147 e. The van der Waals surface area contributed by atoms with Gasteiger partial charge in [-0.1, -0.05) is 138 Å². The van der Waals surface area contributed by atoms with Crippen LogP contribution in [0.2, 0.25) is 0 Å². The molecule has 234 valence electrons. The van der Waals surface area contributed by atoms with Gasteiger partial charge in [0.15, 0.2) is 0 Å². The van der Waals surface area contributed by atoms with Crippen LogP contribution >= 0.6 is 0 Å². The fourth-order valence-corrected chi connectivity index (χ4v) is 6.80. The van der Waals surface area contributed by atoms with Crippen molar-refractivity contribution in [1.29, 1.82) is 0 Å². The molecule has 3 aromatic rings. The molecule has 0 spiro atoms. The normalized spacial score (nSPS) is 19.4. The monoisotopic (exact) mass is 590 g/mol. The van der Waals surface area contributed by atoms with E-state index >= 15 is 0 Å². The van der Waals surface area contributed by atoms with Crippen molar-refractivity contribution < 1.29 is 0 Å². The molecule has 4 heteroatoms. The Morgan fingerprint density at radius 3 is 1.07 bits per heavy atom. The van der Waals surface area contributed by atoms with E-state index in [1.165, 1.54) is 44.8 Å². The Morgan fingerprint density at radius 2 is 0.773 bits per heavy atom. The summed E-state index contributed by atoms with van der Waals surface area (Å²) in [5.41, 5.74) is 10.6. The zero-order chi connectivity index (χ0) is 32.2. The third-order valence-electron chi connectivity index (χ3n) is 9.03. The molecule has 0 saturated heterocycles. The molecule has 0 amide bonds. The van der Waals surface area contributed by atoms with Crippen molar-refractivity contribution in [3.8, 4) is 0 Å². The Labute approximate surface area is 267 Å². The summed E-state index contributed by atoms with van der Waals surface area (Å²) in [6.45, 7) is 29.4. The van der Waals surface area contributed by atoms with Crippen LogP contribution in [-0.2, 0) is 21.7 Å². The van der Waals surface area contributed by atoms with Crippen LogP contribution in [0.1, 0.15) is 129 Å². The van der Waals surface area contributed by atoms with Crippen molar-refractivity contribution >= 4 is 23.8 Å². The van der Waals surface area contributed by atoms with Gasteiger partial charge >= 0.3 is 0 Å². The van der Waals surface area contributed by atoms with E-state index in [2.05, 4.69) is 166 Å².